The molecule has 1 amide bonds. The number of halogens is 1. The molecule has 2 N–H and O–H groups in total. The van der Waals surface area contributed by atoms with Gasteiger partial charge in [0, 0.05) is 31.0 Å². The Morgan fingerprint density at radius 3 is 2.64 bits per heavy atom. The molecule has 4 rings (SSSR count). The van der Waals surface area contributed by atoms with Gasteiger partial charge >= 0.3 is 0 Å². The number of rotatable bonds is 5. The Bertz CT molecular complexity index is 964. The van der Waals surface area contributed by atoms with Crippen LogP contribution in [0.15, 0.2) is 72.9 Å². The average molecular weight is 376 g/mol. The molecule has 3 aromatic rings. The van der Waals surface area contributed by atoms with Crippen LogP contribution in [0.1, 0.15) is 16.8 Å². The normalized spacial score (nSPS) is 16.0. The summed E-state index contributed by atoms with van der Waals surface area (Å²) in [6, 6.07) is 19.9. The summed E-state index contributed by atoms with van der Waals surface area (Å²) in [5.74, 6) is -0.138. The topological polar surface area (TPSA) is 57.3 Å². The van der Waals surface area contributed by atoms with E-state index in [1.54, 1.807) is 36.5 Å². The van der Waals surface area contributed by atoms with Gasteiger partial charge in [-0.25, -0.2) is 9.37 Å². The predicted molar refractivity (Wildman–Crippen MR) is 108 cm³/mol. The number of hydrogen-bond donors (Lipinski definition) is 2. The van der Waals surface area contributed by atoms with Crippen molar-refractivity contribution >= 4 is 23.1 Å². The molecule has 5 nitrogen and oxygen atoms in total. The molecule has 0 radical (unpaired) electrons. The molecule has 1 fully saturated rings. The van der Waals surface area contributed by atoms with Crippen molar-refractivity contribution in [2.24, 2.45) is 0 Å². The van der Waals surface area contributed by atoms with Crippen molar-refractivity contribution in [1.82, 2.24) is 9.88 Å². The van der Waals surface area contributed by atoms with Gasteiger partial charge in [0.15, 0.2) is 0 Å². The van der Waals surface area contributed by atoms with Crippen molar-refractivity contribution in [3.05, 3.63) is 84.3 Å². The van der Waals surface area contributed by atoms with E-state index in [1.807, 2.05) is 35.2 Å². The van der Waals surface area contributed by atoms with Crippen LogP contribution in [0.5, 0.6) is 0 Å². The fourth-order valence-corrected chi connectivity index (χ4v) is 3.37. The molecular formula is C22H21FN4O. The van der Waals surface area contributed by atoms with Crippen LogP contribution in [0.4, 0.5) is 21.6 Å². The third-order valence-electron chi connectivity index (χ3n) is 4.79. The van der Waals surface area contributed by atoms with E-state index in [0.717, 1.165) is 12.1 Å². The maximum absolute atomic E-state index is 14.0. The molecular weight excluding hydrogens is 355 g/mol. The zero-order valence-corrected chi connectivity index (χ0v) is 15.3. The van der Waals surface area contributed by atoms with Crippen LogP contribution >= 0.6 is 0 Å². The Balaban J connectivity index is 1.47. The number of carbonyl (C=O) groups is 1. The van der Waals surface area contributed by atoms with Crippen molar-refractivity contribution in [2.75, 3.05) is 23.7 Å². The number of para-hydroxylation sites is 2. The molecule has 1 aliphatic rings. The minimum Gasteiger partial charge on any atom is -0.380 e. The number of carbonyl (C=O) groups excluding carboxylic acids is 1. The van der Waals surface area contributed by atoms with Crippen molar-refractivity contribution in [2.45, 2.75) is 12.5 Å². The van der Waals surface area contributed by atoms with E-state index in [9.17, 15) is 9.18 Å². The number of amides is 1. The lowest BCUT2D eigenvalue weighted by Gasteiger charge is -2.19. The SMILES string of the molecule is O=C(c1cccnc1Nc1ccccc1F)N1CCC(Nc2ccccc2)C1. The highest BCUT2D eigenvalue weighted by Crippen LogP contribution is 2.24. The van der Waals surface area contributed by atoms with Gasteiger partial charge in [-0.1, -0.05) is 30.3 Å². The fourth-order valence-electron chi connectivity index (χ4n) is 3.37. The van der Waals surface area contributed by atoms with Gasteiger partial charge in [-0.15, -0.1) is 0 Å². The van der Waals surface area contributed by atoms with E-state index >= 15 is 0 Å². The van der Waals surface area contributed by atoms with E-state index in [1.165, 1.54) is 6.07 Å². The van der Waals surface area contributed by atoms with Crippen molar-refractivity contribution in [3.8, 4) is 0 Å². The molecule has 1 atom stereocenters. The molecule has 1 unspecified atom stereocenters. The number of pyridine rings is 1. The first-order chi connectivity index (χ1) is 13.7. The van der Waals surface area contributed by atoms with Gasteiger partial charge in [0.05, 0.1) is 11.3 Å². The number of benzene rings is 2. The lowest BCUT2D eigenvalue weighted by Crippen LogP contribution is -2.32. The zero-order valence-electron chi connectivity index (χ0n) is 15.3. The summed E-state index contributed by atoms with van der Waals surface area (Å²) >= 11 is 0. The van der Waals surface area contributed by atoms with Crippen LogP contribution in [-0.4, -0.2) is 34.9 Å². The molecule has 28 heavy (non-hydrogen) atoms. The van der Waals surface area contributed by atoms with Gasteiger partial charge in [-0.05, 0) is 42.8 Å². The van der Waals surface area contributed by atoms with Gasteiger partial charge in [0.2, 0.25) is 0 Å². The molecule has 1 aliphatic heterocycles. The van der Waals surface area contributed by atoms with E-state index in [4.69, 9.17) is 0 Å². The summed E-state index contributed by atoms with van der Waals surface area (Å²) in [4.78, 5) is 19.1. The second kappa shape index (κ2) is 8.08. The average Bonchev–Trinajstić information content (AvgIpc) is 3.19. The number of aromatic nitrogens is 1. The highest BCUT2D eigenvalue weighted by Gasteiger charge is 2.28. The zero-order chi connectivity index (χ0) is 19.3. The monoisotopic (exact) mass is 376 g/mol. The summed E-state index contributed by atoms with van der Waals surface area (Å²) in [5, 5.41) is 6.41. The Labute approximate surface area is 163 Å². The van der Waals surface area contributed by atoms with Crippen LogP contribution in [-0.2, 0) is 0 Å². The first-order valence-electron chi connectivity index (χ1n) is 9.28. The predicted octanol–water partition coefficient (Wildman–Crippen LogP) is 4.29. The number of anilines is 3. The highest BCUT2D eigenvalue weighted by molar-refractivity contribution is 5.99. The first-order valence-corrected chi connectivity index (χ1v) is 9.28. The molecule has 2 aromatic carbocycles. The van der Waals surface area contributed by atoms with Gasteiger partial charge in [-0.2, -0.15) is 0 Å². The molecule has 2 heterocycles. The largest absolute Gasteiger partial charge is 0.380 e. The molecule has 1 aromatic heterocycles. The summed E-state index contributed by atoms with van der Waals surface area (Å²) in [7, 11) is 0. The standard InChI is InChI=1S/C22H21FN4O/c23-19-10-4-5-11-20(19)26-21-18(9-6-13-24-21)22(28)27-14-12-17(15-27)25-16-7-2-1-3-8-16/h1-11,13,17,25H,12,14-15H2,(H,24,26). The van der Waals surface area contributed by atoms with E-state index in [-0.39, 0.29) is 17.8 Å². The summed E-state index contributed by atoms with van der Waals surface area (Å²) < 4.78 is 14.0. The third kappa shape index (κ3) is 3.96. The number of nitrogens with one attached hydrogen (secondary N) is 2. The Kier molecular flexibility index (Phi) is 5.19. The quantitative estimate of drug-likeness (QED) is 0.697. The number of hydrogen-bond acceptors (Lipinski definition) is 4. The summed E-state index contributed by atoms with van der Waals surface area (Å²) in [6.07, 6.45) is 2.46. The molecule has 0 saturated carbocycles. The minimum atomic E-state index is -0.389. The van der Waals surface area contributed by atoms with Crippen LogP contribution in [0.25, 0.3) is 0 Å². The van der Waals surface area contributed by atoms with Crippen molar-refractivity contribution in [3.63, 3.8) is 0 Å². The van der Waals surface area contributed by atoms with Crippen LogP contribution in [0.2, 0.25) is 0 Å². The molecule has 6 heteroatoms. The second-order valence-corrected chi connectivity index (χ2v) is 6.75. The molecule has 0 aliphatic carbocycles. The molecule has 142 valence electrons. The summed E-state index contributed by atoms with van der Waals surface area (Å²) in [6.45, 7) is 1.28. The second-order valence-electron chi connectivity index (χ2n) is 6.75. The first kappa shape index (κ1) is 18.0. The van der Waals surface area contributed by atoms with Crippen LogP contribution < -0.4 is 10.6 Å². The van der Waals surface area contributed by atoms with Gasteiger partial charge in [0.25, 0.3) is 5.91 Å². The highest BCUT2D eigenvalue weighted by atomic mass is 19.1. The number of likely N-dealkylation sites (tertiary alicyclic amines) is 1. The van der Waals surface area contributed by atoms with Crippen molar-refractivity contribution < 1.29 is 9.18 Å². The van der Waals surface area contributed by atoms with Gasteiger partial charge < -0.3 is 15.5 Å². The fraction of sp³-hybridized carbons (Fsp3) is 0.182. The number of nitrogens with zero attached hydrogens (tertiary/aromatic N) is 2. The smallest absolute Gasteiger partial charge is 0.257 e. The minimum absolute atomic E-state index is 0.107. The molecule has 0 spiro atoms. The van der Waals surface area contributed by atoms with Crippen LogP contribution in [0.3, 0.4) is 0 Å². The van der Waals surface area contributed by atoms with Gasteiger partial charge in [-0.3, -0.25) is 4.79 Å². The van der Waals surface area contributed by atoms with E-state index in [0.29, 0.717) is 30.2 Å². The van der Waals surface area contributed by atoms with E-state index in [2.05, 4.69) is 15.6 Å². The lowest BCUT2D eigenvalue weighted by atomic mass is 10.2. The van der Waals surface area contributed by atoms with E-state index < -0.39 is 0 Å². The van der Waals surface area contributed by atoms with Gasteiger partial charge in [0.1, 0.15) is 11.6 Å². The third-order valence-corrected chi connectivity index (χ3v) is 4.79. The lowest BCUT2D eigenvalue weighted by molar-refractivity contribution is 0.0792. The molecule has 0 bridgehead atoms. The molecule has 1 saturated heterocycles. The maximum atomic E-state index is 14.0. The Morgan fingerprint density at radius 1 is 1.04 bits per heavy atom. The van der Waals surface area contributed by atoms with Crippen molar-refractivity contribution in [1.29, 1.82) is 0 Å². The maximum Gasteiger partial charge on any atom is 0.257 e. The Hall–Kier alpha value is -3.41. The Morgan fingerprint density at radius 2 is 1.82 bits per heavy atom. The van der Waals surface area contributed by atoms with Crippen LogP contribution in [0, 0.1) is 5.82 Å². The summed E-state index contributed by atoms with van der Waals surface area (Å²) in [5.41, 5.74) is 1.77.